The van der Waals surface area contributed by atoms with Crippen molar-refractivity contribution >= 4 is 5.97 Å². The molecule has 0 aliphatic rings. The van der Waals surface area contributed by atoms with Gasteiger partial charge in [-0.3, -0.25) is 4.79 Å². The van der Waals surface area contributed by atoms with E-state index in [-0.39, 0.29) is 6.61 Å². The highest BCUT2D eigenvalue weighted by molar-refractivity contribution is 5.75. The summed E-state index contributed by atoms with van der Waals surface area (Å²) in [5.74, 6) is 0.373. The monoisotopic (exact) mass is 361 g/mol. The van der Waals surface area contributed by atoms with E-state index in [1.165, 1.54) is 0 Å². The summed E-state index contributed by atoms with van der Waals surface area (Å²) in [6.45, 7) is 0.712. The third-order valence-electron chi connectivity index (χ3n) is 4.15. The first-order valence-corrected chi connectivity index (χ1v) is 8.92. The van der Waals surface area contributed by atoms with Crippen molar-refractivity contribution in [2.45, 2.75) is 25.7 Å². The van der Waals surface area contributed by atoms with Crippen LogP contribution in [0.3, 0.4) is 0 Å². The van der Waals surface area contributed by atoms with Gasteiger partial charge < -0.3 is 15.2 Å². The number of nitrogens with two attached hydrogens (primary N) is 1. The summed E-state index contributed by atoms with van der Waals surface area (Å²) in [6, 6.07) is 26.5. The molecule has 4 nitrogen and oxygen atoms in total. The predicted octanol–water partition coefficient (Wildman–Crippen LogP) is 3.88. The molecule has 0 aliphatic carbocycles. The van der Waals surface area contributed by atoms with Crippen LogP contribution in [0.15, 0.2) is 84.9 Å². The molecule has 3 aromatic rings. The first-order valence-electron chi connectivity index (χ1n) is 8.92. The fourth-order valence-electron chi connectivity index (χ4n) is 2.64. The minimum absolute atomic E-state index is 0.195. The Morgan fingerprint density at radius 2 is 1.30 bits per heavy atom. The van der Waals surface area contributed by atoms with Gasteiger partial charge in [0.1, 0.15) is 25.0 Å². The summed E-state index contributed by atoms with van der Waals surface area (Å²) in [5, 5.41) is 0. The van der Waals surface area contributed by atoms with Crippen LogP contribution in [0.5, 0.6) is 5.75 Å². The fourth-order valence-corrected chi connectivity index (χ4v) is 2.64. The Kier molecular flexibility index (Phi) is 6.61. The number of ether oxygens (including phenoxy) is 2. The molecular formula is C23H23NO3. The maximum atomic E-state index is 12.1. The molecule has 138 valence electrons. The van der Waals surface area contributed by atoms with E-state index in [0.717, 1.165) is 22.4 Å². The third-order valence-corrected chi connectivity index (χ3v) is 4.15. The first kappa shape index (κ1) is 18.7. The number of carbonyl (C=O) groups is 1. The summed E-state index contributed by atoms with van der Waals surface area (Å²) in [6.07, 6.45) is 0.464. The van der Waals surface area contributed by atoms with Gasteiger partial charge in [0, 0.05) is 0 Å². The second-order valence-corrected chi connectivity index (χ2v) is 6.32. The van der Waals surface area contributed by atoms with Crippen molar-refractivity contribution in [1.29, 1.82) is 0 Å². The van der Waals surface area contributed by atoms with Crippen LogP contribution >= 0.6 is 0 Å². The molecule has 3 rings (SSSR count). The molecule has 0 unspecified atom stereocenters. The van der Waals surface area contributed by atoms with Crippen molar-refractivity contribution in [3.8, 4) is 5.75 Å². The van der Waals surface area contributed by atoms with Crippen molar-refractivity contribution < 1.29 is 14.3 Å². The van der Waals surface area contributed by atoms with E-state index in [9.17, 15) is 4.79 Å². The molecule has 0 fully saturated rings. The van der Waals surface area contributed by atoms with Gasteiger partial charge in [0.15, 0.2) is 0 Å². The lowest BCUT2D eigenvalue weighted by molar-refractivity contribution is -0.146. The molecule has 2 N–H and O–H groups in total. The molecule has 1 atom stereocenters. The van der Waals surface area contributed by atoms with Crippen LogP contribution in [0.1, 0.15) is 16.7 Å². The molecule has 0 aromatic heterocycles. The van der Waals surface area contributed by atoms with E-state index in [0.29, 0.717) is 13.0 Å². The summed E-state index contributed by atoms with van der Waals surface area (Å²) in [4.78, 5) is 12.1. The third kappa shape index (κ3) is 5.97. The lowest BCUT2D eigenvalue weighted by Gasteiger charge is -2.12. The molecule has 0 saturated carbocycles. The largest absolute Gasteiger partial charge is 0.489 e. The molecule has 0 radical (unpaired) electrons. The topological polar surface area (TPSA) is 61.6 Å². The fraction of sp³-hybridized carbons (Fsp3) is 0.174. The lowest BCUT2D eigenvalue weighted by Crippen LogP contribution is -2.34. The van der Waals surface area contributed by atoms with Crippen molar-refractivity contribution in [3.63, 3.8) is 0 Å². The summed E-state index contributed by atoms with van der Waals surface area (Å²) >= 11 is 0. The van der Waals surface area contributed by atoms with Crippen LogP contribution < -0.4 is 10.5 Å². The average molecular weight is 361 g/mol. The normalized spacial score (nSPS) is 11.6. The molecule has 0 saturated heterocycles. The Bertz CT molecular complexity index is 833. The molecule has 27 heavy (non-hydrogen) atoms. The zero-order chi connectivity index (χ0) is 18.9. The van der Waals surface area contributed by atoms with Crippen LogP contribution in [0.4, 0.5) is 0 Å². The van der Waals surface area contributed by atoms with Gasteiger partial charge in [0.2, 0.25) is 0 Å². The van der Waals surface area contributed by atoms with Gasteiger partial charge in [0.25, 0.3) is 0 Å². The van der Waals surface area contributed by atoms with E-state index in [1.54, 1.807) is 0 Å². The molecule has 0 heterocycles. The van der Waals surface area contributed by atoms with Crippen LogP contribution in [-0.4, -0.2) is 12.0 Å². The van der Waals surface area contributed by atoms with Crippen LogP contribution in [-0.2, 0) is 29.2 Å². The number of carbonyl (C=O) groups excluding carboxylic acids is 1. The van der Waals surface area contributed by atoms with E-state index >= 15 is 0 Å². The first-order chi connectivity index (χ1) is 13.2. The van der Waals surface area contributed by atoms with Gasteiger partial charge in [-0.05, 0) is 35.2 Å². The molecule has 0 spiro atoms. The maximum absolute atomic E-state index is 12.1. The minimum atomic E-state index is -0.666. The SMILES string of the molecule is N[C@@H](Cc1ccccc1)C(=O)OCc1ccc(OCc2ccccc2)cc1. The summed E-state index contributed by atoms with van der Waals surface area (Å²) in [7, 11) is 0. The van der Waals surface area contributed by atoms with Gasteiger partial charge in [-0.1, -0.05) is 72.8 Å². The lowest BCUT2D eigenvalue weighted by atomic mass is 10.1. The summed E-state index contributed by atoms with van der Waals surface area (Å²) < 4.78 is 11.1. The predicted molar refractivity (Wildman–Crippen MR) is 105 cm³/mol. The molecule has 4 heteroatoms. The highest BCUT2D eigenvalue weighted by atomic mass is 16.5. The minimum Gasteiger partial charge on any atom is -0.489 e. The Morgan fingerprint density at radius 1 is 0.741 bits per heavy atom. The van der Waals surface area contributed by atoms with Crippen molar-refractivity contribution in [3.05, 3.63) is 102 Å². The number of esters is 1. The zero-order valence-electron chi connectivity index (χ0n) is 15.1. The van der Waals surface area contributed by atoms with Crippen molar-refractivity contribution in [2.24, 2.45) is 5.73 Å². The number of rotatable bonds is 8. The van der Waals surface area contributed by atoms with Crippen LogP contribution in [0.25, 0.3) is 0 Å². The molecule has 0 aliphatic heterocycles. The van der Waals surface area contributed by atoms with Gasteiger partial charge in [-0.15, -0.1) is 0 Å². The van der Waals surface area contributed by atoms with Gasteiger partial charge in [-0.2, -0.15) is 0 Å². The molecule has 0 bridgehead atoms. The van der Waals surface area contributed by atoms with E-state index in [2.05, 4.69) is 0 Å². The smallest absolute Gasteiger partial charge is 0.323 e. The highest BCUT2D eigenvalue weighted by Gasteiger charge is 2.15. The Balaban J connectivity index is 1.44. The second-order valence-electron chi connectivity index (χ2n) is 6.32. The molecule has 3 aromatic carbocycles. The molecular weight excluding hydrogens is 338 g/mol. The van der Waals surface area contributed by atoms with Crippen molar-refractivity contribution in [2.75, 3.05) is 0 Å². The van der Waals surface area contributed by atoms with E-state index < -0.39 is 12.0 Å². The van der Waals surface area contributed by atoms with Crippen LogP contribution in [0.2, 0.25) is 0 Å². The quantitative estimate of drug-likeness (QED) is 0.619. The number of benzene rings is 3. The summed E-state index contributed by atoms with van der Waals surface area (Å²) in [5.41, 5.74) is 8.96. The molecule has 0 amide bonds. The Morgan fingerprint density at radius 3 is 1.93 bits per heavy atom. The standard InChI is InChI=1S/C23H23NO3/c24-22(15-18-7-3-1-4-8-18)23(25)27-17-20-11-13-21(14-12-20)26-16-19-9-5-2-6-10-19/h1-14,22H,15-17,24H2/t22-/m0/s1. The average Bonchev–Trinajstić information content (AvgIpc) is 2.72. The highest BCUT2D eigenvalue weighted by Crippen LogP contribution is 2.15. The van der Waals surface area contributed by atoms with Gasteiger partial charge in [-0.25, -0.2) is 0 Å². The number of hydrogen-bond acceptors (Lipinski definition) is 4. The van der Waals surface area contributed by atoms with Crippen molar-refractivity contribution in [1.82, 2.24) is 0 Å². The second kappa shape index (κ2) is 9.55. The number of hydrogen-bond donors (Lipinski definition) is 1. The van der Waals surface area contributed by atoms with Gasteiger partial charge in [0.05, 0.1) is 0 Å². The van der Waals surface area contributed by atoms with E-state index in [1.807, 2.05) is 84.9 Å². The zero-order valence-corrected chi connectivity index (χ0v) is 15.1. The van der Waals surface area contributed by atoms with Crippen LogP contribution in [0, 0.1) is 0 Å². The Labute approximate surface area is 159 Å². The Hall–Kier alpha value is -3.11. The maximum Gasteiger partial charge on any atom is 0.323 e. The van der Waals surface area contributed by atoms with E-state index in [4.69, 9.17) is 15.2 Å². The van der Waals surface area contributed by atoms with Gasteiger partial charge >= 0.3 is 5.97 Å².